The highest BCUT2D eigenvalue weighted by Crippen LogP contribution is 2.26. The molecule has 0 radical (unpaired) electrons. The van der Waals surface area contributed by atoms with E-state index in [1.807, 2.05) is 4.90 Å². The van der Waals surface area contributed by atoms with E-state index in [1.54, 1.807) is 6.07 Å². The van der Waals surface area contributed by atoms with Crippen LogP contribution in [0.5, 0.6) is 0 Å². The lowest BCUT2D eigenvalue weighted by Gasteiger charge is -2.37. The first-order chi connectivity index (χ1) is 7.83. The highest BCUT2D eigenvalue weighted by molar-refractivity contribution is 9.09. The Morgan fingerprint density at radius 3 is 2.94 bits per heavy atom. The third-order valence-corrected chi connectivity index (χ3v) is 3.53. The number of carbonyl (C=O) groups is 1. The molecule has 1 aromatic rings. The molecule has 0 atom stereocenters. The first-order valence-corrected chi connectivity index (χ1v) is 6.72. The van der Waals surface area contributed by atoms with E-state index in [2.05, 4.69) is 21.1 Å². The first kappa shape index (κ1) is 11.6. The fraction of sp³-hybridized carbons (Fsp3) is 0.636. The smallest absolute Gasteiger partial charge is 0.276 e. The summed E-state index contributed by atoms with van der Waals surface area (Å²) in [5.41, 5.74) is 0.418. The van der Waals surface area contributed by atoms with Gasteiger partial charge in [0.15, 0.2) is 5.69 Å². The van der Waals surface area contributed by atoms with E-state index in [-0.39, 0.29) is 5.91 Å². The van der Waals surface area contributed by atoms with Gasteiger partial charge >= 0.3 is 0 Å². The van der Waals surface area contributed by atoms with Crippen LogP contribution < -0.4 is 0 Å². The van der Waals surface area contributed by atoms with Crippen LogP contribution in [0.4, 0.5) is 0 Å². The molecule has 1 amide bonds. The molecular formula is C11H15BrN2O2. The number of rotatable bonds is 5. The molecule has 1 aliphatic carbocycles. The Hall–Kier alpha value is -0.840. The summed E-state index contributed by atoms with van der Waals surface area (Å²) in [6, 6.07) is 2.03. The molecule has 0 unspecified atom stereocenters. The van der Waals surface area contributed by atoms with Crippen LogP contribution in [0.1, 0.15) is 36.2 Å². The van der Waals surface area contributed by atoms with Crippen molar-refractivity contribution >= 4 is 21.8 Å². The van der Waals surface area contributed by atoms with Crippen LogP contribution in [0, 0.1) is 0 Å². The quantitative estimate of drug-likeness (QED) is 0.781. The van der Waals surface area contributed by atoms with Crippen molar-refractivity contribution in [3.05, 3.63) is 18.0 Å². The van der Waals surface area contributed by atoms with Crippen molar-refractivity contribution < 1.29 is 9.32 Å². The largest absolute Gasteiger partial charge is 0.364 e. The van der Waals surface area contributed by atoms with Gasteiger partial charge in [0.1, 0.15) is 6.26 Å². The van der Waals surface area contributed by atoms with Crippen molar-refractivity contribution in [2.75, 3.05) is 11.9 Å². The van der Waals surface area contributed by atoms with E-state index in [0.29, 0.717) is 11.7 Å². The highest BCUT2D eigenvalue weighted by Gasteiger charge is 2.29. The van der Waals surface area contributed by atoms with Crippen LogP contribution in [-0.4, -0.2) is 33.9 Å². The lowest BCUT2D eigenvalue weighted by molar-refractivity contribution is 0.0571. The summed E-state index contributed by atoms with van der Waals surface area (Å²) in [5, 5.41) is 4.63. The van der Waals surface area contributed by atoms with Crippen molar-refractivity contribution in [2.45, 2.75) is 31.7 Å². The maximum atomic E-state index is 12.1. The maximum Gasteiger partial charge on any atom is 0.276 e. The van der Waals surface area contributed by atoms with Crippen molar-refractivity contribution in [2.24, 2.45) is 0 Å². The predicted octanol–water partition coefficient (Wildman–Crippen LogP) is 2.45. The van der Waals surface area contributed by atoms with Gasteiger partial charge in [0, 0.05) is 24.0 Å². The number of aromatic nitrogens is 1. The zero-order valence-corrected chi connectivity index (χ0v) is 10.6. The minimum atomic E-state index is -0.000556. The Morgan fingerprint density at radius 1 is 1.62 bits per heavy atom. The van der Waals surface area contributed by atoms with E-state index >= 15 is 0 Å². The van der Waals surface area contributed by atoms with E-state index in [0.717, 1.165) is 31.1 Å². The average Bonchev–Trinajstić information content (AvgIpc) is 2.73. The van der Waals surface area contributed by atoms with Crippen LogP contribution in [0.3, 0.4) is 0 Å². The molecule has 0 spiro atoms. The normalized spacial score (nSPS) is 15.8. The number of halogens is 1. The molecule has 0 N–H and O–H groups in total. The number of amides is 1. The Labute approximate surface area is 103 Å². The summed E-state index contributed by atoms with van der Waals surface area (Å²) in [5.74, 6) is -0.000556. The third kappa shape index (κ3) is 2.45. The third-order valence-electron chi connectivity index (χ3n) is 2.97. The minimum Gasteiger partial charge on any atom is -0.364 e. The van der Waals surface area contributed by atoms with E-state index < -0.39 is 0 Å². The highest BCUT2D eigenvalue weighted by atomic mass is 79.9. The van der Waals surface area contributed by atoms with Gasteiger partial charge in [-0.15, -0.1) is 0 Å². The van der Waals surface area contributed by atoms with Gasteiger partial charge in [-0.25, -0.2) is 0 Å². The summed E-state index contributed by atoms with van der Waals surface area (Å²) in [6.07, 6.45) is 5.87. The van der Waals surface area contributed by atoms with Crippen LogP contribution in [0.15, 0.2) is 16.9 Å². The fourth-order valence-electron chi connectivity index (χ4n) is 1.85. The van der Waals surface area contributed by atoms with Gasteiger partial charge in [-0.05, 0) is 25.7 Å². The van der Waals surface area contributed by atoms with Crippen molar-refractivity contribution in [3.8, 4) is 0 Å². The molecule has 1 aliphatic rings. The zero-order valence-electron chi connectivity index (χ0n) is 9.06. The van der Waals surface area contributed by atoms with Crippen LogP contribution in [-0.2, 0) is 0 Å². The predicted molar refractivity (Wildman–Crippen MR) is 63.6 cm³/mol. The molecule has 0 bridgehead atoms. The van der Waals surface area contributed by atoms with Gasteiger partial charge in [0.2, 0.25) is 0 Å². The number of alkyl halides is 1. The molecular weight excluding hydrogens is 272 g/mol. The van der Waals surface area contributed by atoms with Gasteiger partial charge in [-0.2, -0.15) is 0 Å². The molecule has 4 nitrogen and oxygen atoms in total. The molecule has 1 fully saturated rings. The van der Waals surface area contributed by atoms with Gasteiger partial charge < -0.3 is 9.42 Å². The van der Waals surface area contributed by atoms with Gasteiger partial charge in [0.25, 0.3) is 5.91 Å². The second-order valence-electron chi connectivity index (χ2n) is 4.01. The Morgan fingerprint density at radius 2 is 2.44 bits per heavy atom. The first-order valence-electron chi connectivity index (χ1n) is 5.60. The molecule has 0 saturated heterocycles. The number of carbonyl (C=O) groups excluding carboxylic acids is 1. The Balaban J connectivity index is 2.02. The van der Waals surface area contributed by atoms with E-state index in [4.69, 9.17) is 4.52 Å². The van der Waals surface area contributed by atoms with Crippen LogP contribution in [0.25, 0.3) is 0 Å². The fourth-order valence-corrected chi connectivity index (χ4v) is 2.10. The molecule has 88 valence electrons. The lowest BCUT2D eigenvalue weighted by Crippen LogP contribution is -2.45. The summed E-state index contributed by atoms with van der Waals surface area (Å²) in [7, 11) is 0. The van der Waals surface area contributed by atoms with Gasteiger partial charge in [-0.1, -0.05) is 21.1 Å². The molecule has 1 heterocycles. The zero-order chi connectivity index (χ0) is 11.4. The Bertz CT molecular complexity index is 336. The summed E-state index contributed by atoms with van der Waals surface area (Å²) in [4.78, 5) is 14.1. The summed E-state index contributed by atoms with van der Waals surface area (Å²) >= 11 is 3.39. The molecule has 5 heteroatoms. The maximum absolute atomic E-state index is 12.1. The van der Waals surface area contributed by atoms with Gasteiger partial charge in [-0.3, -0.25) is 4.79 Å². The second-order valence-corrected chi connectivity index (χ2v) is 4.80. The second kappa shape index (κ2) is 5.48. The van der Waals surface area contributed by atoms with Crippen LogP contribution in [0.2, 0.25) is 0 Å². The topological polar surface area (TPSA) is 46.3 Å². The monoisotopic (exact) mass is 286 g/mol. The number of hydrogen-bond donors (Lipinski definition) is 0. The molecule has 0 aliphatic heterocycles. The average molecular weight is 287 g/mol. The number of nitrogens with zero attached hydrogens (tertiary/aromatic N) is 2. The lowest BCUT2D eigenvalue weighted by atomic mass is 9.91. The standard InChI is InChI=1S/C11H15BrN2O2/c12-6-2-7-14(9-3-1-4-9)11(15)10-5-8-16-13-10/h5,8-9H,1-4,6-7H2. The van der Waals surface area contributed by atoms with E-state index in [1.165, 1.54) is 12.7 Å². The van der Waals surface area contributed by atoms with Crippen molar-refractivity contribution in [1.29, 1.82) is 0 Å². The SMILES string of the molecule is O=C(c1ccon1)N(CCCBr)C1CCC1. The van der Waals surface area contributed by atoms with Crippen molar-refractivity contribution in [3.63, 3.8) is 0 Å². The van der Waals surface area contributed by atoms with Gasteiger partial charge in [0.05, 0.1) is 0 Å². The minimum absolute atomic E-state index is 0.000556. The summed E-state index contributed by atoms with van der Waals surface area (Å²) in [6.45, 7) is 0.793. The molecule has 1 saturated carbocycles. The van der Waals surface area contributed by atoms with E-state index in [9.17, 15) is 4.79 Å². The number of hydrogen-bond acceptors (Lipinski definition) is 3. The molecule has 2 rings (SSSR count). The van der Waals surface area contributed by atoms with Crippen LogP contribution >= 0.6 is 15.9 Å². The van der Waals surface area contributed by atoms with Crippen molar-refractivity contribution in [1.82, 2.24) is 10.1 Å². The molecule has 16 heavy (non-hydrogen) atoms. The molecule has 0 aromatic carbocycles. The molecule has 1 aromatic heterocycles. The Kier molecular flexibility index (Phi) is 3.98. The summed E-state index contributed by atoms with van der Waals surface area (Å²) < 4.78 is 4.71.